The van der Waals surface area contributed by atoms with E-state index in [0.717, 1.165) is 22.5 Å². The van der Waals surface area contributed by atoms with Gasteiger partial charge in [-0.2, -0.15) is 0 Å². The lowest BCUT2D eigenvalue weighted by atomic mass is 10.1. The van der Waals surface area contributed by atoms with Crippen LogP contribution in [0.15, 0.2) is 30.3 Å². The number of hydrogen-bond donors (Lipinski definition) is 1. The number of nitrogens with one attached hydrogen (secondary N) is 1. The number of anilines is 2. The third-order valence-corrected chi connectivity index (χ3v) is 4.60. The van der Waals surface area contributed by atoms with Gasteiger partial charge in [-0.15, -0.1) is 0 Å². The minimum Gasteiger partial charge on any atom is -0.490 e. The normalized spacial score (nSPS) is 13.0. The lowest BCUT2D eigenvalue weighted by Crippen LogP contribution is -2.39. The summed E-state index contributed by atoms with van der Waals surface area (Å²) in [6, 6.07) is 9.47. The van der Waals surface area contributed by atoms with E-state index in [4.69, 9.17) is 4.74 Å². The van der Waals surface area contributed by atoms with Crippen LogP contribution in [-0.2, 0) is 4.79 Å². The molecule has 1 aliphatic heterocycles. The highest BCUT2D eigenvalue weighted by Crippen LogP contribution is 2.32. The molecule has 1 N–H and O–H groups in total. The van der Waals surface area contributed by atoms with Crippen LogP contribution in [0.1, 0.15) is 34.0 Å². The van der Waals surface area contributed by atoms with Crippen LogP contribution in [0.3, 0.4) is 0 Å². The van der Waals surface area contributed by atoms with E-state index in [1.54, 1.807) is 18.2 Å². The predicted octanol–water partition coefficient (Wildman–Crippen LogP) is 3.65. The Morgan fingerprint density at radius 1 is 1.12 bits per heavy atom. The maximum absolute atomic E-state index is 12.6. The second-order valence-electron chi connectivity index (χ2n) is 6.83. The minimum absolute atomic E-state index is 0.00585. The Kier molecular flexibility index (Phi) is 4.98. The number of ketones is 1. The molecule has 2 aromatic carbocycles. The second-order valence-corrected chi connectivity index (χ2v) is 6.83. The number of Topliss-reactive ketones (excluding diaryl/α,β-unsaturated/α-hetero) is 1. The third-order valence-electron chi connectivity index (χ3n) is 4.60. The highest BCUT2D eigenvalue weighted by molar-refractivity contribution is 5.97. The Morgan fingerprint density at radius 3 is 2.46 bits per heavy atom. The Labute approximate surface area is 154 Å². The molecule has 5 nitrogen and oxygen atoms in total. The summed E-state index contributed by atoms with van der Waals surface area (Å²) in [4.78, 5) is 26.3. The SMILES string of the molecule is CC(=O)c1ccc2c(c1)N(CC(=O)Nc1c(C)cc(C)cc1C)CCO2. The van der Waals surface area contributed by atoms with Crippen LogP contribution in [0.2, 0.25) is 0 Å². The summed E-state index contributed by atoms with van der Waals surface area (Å²) in [5, 5.41) is 3.03. The van der Waals surface area contributed by atoms with Crippen LogP contribution in [0, 0.1) is 20.8 Å². The maximum Gasteiger partial charge on any atom is 0.243 e. The zero-order valence-corrected chi connectivity index (χ0v) is 15.7. The van der Waals surface area contributed by atoms with Crippen molar-refractivity contribution in [2.24, 2.45) is 0 Å². The standard InChI is InChI=1S/C21H24N2O3/c1-13-9-14(2)21(15(3)10-13)22-20(25)12-23-7-8-26-19-6-5-17(16(4)24)11-18(19)23/h5-6,9-11H,7-8,12H2,1-4H3,(H,22,25). The summed E-state index contributed by atoms with van der Waals surface area (Å²) >= 11 is 0. The average molecular weight is 352 g/mol. The fraction of sp³-hybridized carbons (Fsp3) is 0.333. The number of amides is 1. The van der Waals surface area contributed by atoms with Crippen LogP contribution in [-0.4, -0.2) is 31.4 Å². The molecule has 0 saturated heterocycles. The number of carbonyl (C=O) groups excluding carboxylic acids is 2. The van der Waals surface area contributed by atoms with E-state index in [0.29, 0.717) is 24.5 Å². The molecule has 0 spiro atoms. The van der Waals surface area contributed by atoms with Crippen LogP contribution in [0.5, 0.6) is 5.75 Å². The lowest BCUT2D eigenvalue weighted by molar-refractivity contribution is -0.115. The molecule has 0 bridgehead atoms. The fourth-order valence-electron chi connectivity index (χ4n) is 3.39. The lowest BCUT2D eigenvalue weighted by Gasteiger charge is -2.31. The monoisotopic (exact) mass is 352 g/mol. The fourth-order valence-corrected chi connectivity index (χ4v) is 3.39. The van der Waals surface area contributed by atoms with Gasteiger partial charge >= 0.3 is 0 Å². The van der Waals surface area contributed by atoms with Crippen molar-refractivity contribution < 1.29 is 14.3 Å². The van der Waals surface area contributed by atoms with Crippen molar-refractivity contribution in [2.45, 2.75) is 27.7 Å². The molecule has 0 aliphatic carbocycles. The van der Waals surface area contributed by atoms with Crippen molar-refractivity contribution in [3.8, 4) is 5.75 Å². The van der Waals surface area contributed by atoms with Gasteiger partial charge in [0.1, 0.15) is 12.4 Å². The summed E-state index contributed by atoms with van der Waals surface area (Å²) in [5.41, 5.74) is 5.55. The summed E-state index contributed by atoms with van der Waals surface area (Å²) in [5.74, 6) is 0.617. The molecule has 1 amide bonds. The van der Waals surface area contributed by atoms with Crippen LogP contribution in [0.4, 0.5) is 11.4 Å². The number of carbonyl (C=O) groups is 2. The molecule has 0 atom stereocenters. The molecule has 0 saturated carbocycles. The van der Waals surface area contributed by atoms with Crippen molar-refractivity contribution in [3.63, 3.8) is 0 Å². The zero-order chi connectivity index (χ0) is 18.8. The average Bonchev–Trinajstić information content (AvgIpc) is 2.58. The van der Waals surface area contributed by atoms with E-state index in [-0.39, 0.29) is 18.2 Å². The van der Waals surface area contributed by atoms with Crippen molar-refractivity contribution in [2.75, 3.05) is 29.9 Å². The quantitative estimate of drug-likeness (QED) is 0.854. The summed E-state index contributed by atoms with van der Waals surface area (Å²) in [6.07, 6.45) is 0. The van der Waals surface area contributed by atoms with Gasteiger partial charge in [-0.1, -0.05) is 17.7 Å². The number of fused-ring (bicyclic) bond motifs is 1. The number of aryl methyl sites for hydroxylation is 3. The molecule has 26 heavy (non-hydrogen) atoms. The number of rotatable bonds is 4. The zero-order valence-electron chi connectivity index (χ0n) is 15.7. The first-order valence-corrected chi connectivity index (χ1v) is 8.75. The van der Waals surface area contributed by atoms with Crippen molar-refractivity contribution >= 4 is 23.1 Å². The summed E-state index contributed by atoms with van der Waals surface area (Å²) in [7, 11) is 0. The first-order chi connectivity index (χ1) is 12.3. The van der Waals surface area contributed by atoms with Crippen LogP contribution in [0.25, 0.3) is 0 Å². The van der Waals surface area contributed by atoms with Crippen LogP contribution >= 0.6 is 0 Å². The molecule has 3 rings (SSSR count). The Bertz CT molecular complexity index is 851. The maximum atomic E-state index is 12.6. The van der Waals surface area contributed by atoms with E-state index in [9.17, 15) is 9.59 Å². The number of benzene rings is 2. The number of ether oxygens (including phenoxy) is 1. The Balaban J connectivity index is 1.79. The molecular formula is C21H24N2O3. The first kappa shape index (κ1) is 18.0. The van der Waals surface area contributed by atoms with Gasteiger partial charge in [0.25, 0.3) is 0 Å². The van der Waals surface area contributed by atoms with Gasteiger partial charge in [0.05, 0.1) is 18.8 Å². The minimum atomic E-state index is -0.0823. The van der Waals surface area contributed by atoms with E-state index in [1.807, 2.05) is 25.7 Å². The number of nitrogens with zero attached hydrogens (tertiary/aromatic N) is 1. The highest BCUT2D eigenvalue weighted by Gasteiger charge is 2.22. The molecule has 2 aromatic rings. The van der Waals surface area contributed by atoms with E-state index in [1.165, 1.54) is 12.5 Å². The van der Waals surface area contributed by atoms with E-state index < -0.39 is 0 Å². The topological polar surface area (TPSA) is 58.6 Å². The molecule has 0 aromatic heterocycles. The number of hydrogen-bond acceptors (Lipinski definition) is 4. The van der Waals surface area contributed by atoms with Gasteiger partial charge < -0.3 is 15.0 Å². The van der Waals surface area contributed by atoms with Gasteiger partial charge in [-0.25, -0.2) is 0 Å². The Hall–Kier alpha value is -2.82. The highest BCUT2D eigenvalue weighted by atomic mass is 16.5. The predicted molar refractivity (Wildman–Crippen MR) is 103 cm³/mol. The molecule has 0 radical (unpaired) electrons. The van der Waals surface area contributed by atoms with Gasteiger partial charge in [0.15, 0.2) is 5.78 Å². The Morgan fingerprint density at radius 2 is 1.81 bits per heavy atom. The largest absolute Gasteiger partial charge is 0.490 e. The summed E-state index contributed by atoms with van der Waals surface area (Å²) < 4.78 is 5.66. The molecule has 0 fully saturated rings. The van der Waals surface area contributed by atoms with E-state index in [2.05, 4.69) is 17.4 Å². The third kappa shape index (κ3) is 3.72. The first-order valence-electron chi connectivity index (χ1n) is 8.75. The molecule has 5 heteroatoms. The summed E-state index contributed by atoms with van der Waals surface area (Å²) in [6.45, 7) is 8.91. The van der Waals surface area contributed by atoms with Gasteiger partial charge in [0, 0.05) is 11.3 Å². The smallest absolute Gasteiger partial charge is 0.243 e. The molecule has 0 unspecified atom stereocenters. The second kappa shape index (κ2) is 7.20. The molecule has 136 valence electrons. The van der Waals surface area contributed by atoms with Crippen LogP contribution < -0.4 is 15.0 Å². The van der Waals surface area contributed by atoms with Crippen molar-refractivity contribution in [3.05, 3.63) is 52.6 Å². The molecule has 1 heterocycles. The molecule has 1 aliphatic rings. The van der Waals surface area contributed by atoms with Crippen molar-refractivity contribution in [1.29, 1.82) is 0 Å². The van der Waals surface area contributed by atoms with Gasteiger partial charge in [-0.05, 0) is 57.0 Å². The van der Waals surface area contributed by atoms with E-state index >= 15 is 0 Å². The van der Waals surface area contributed by atoms with Gasteiger partial charge in [0.2, 0.25) is 5.91 Å². The van der Waals surface area contributed by atoms with Gasteiger partial charge in [-0.3, -0.25) is 9.59 Å². The van der Waals surface area contributed by atoms with Crippen molar-refractivity contribution in [1.82, 2.24) is 0 Å². The molecular weight excluding hydrogens is 328 g/mol.